The van der Waals surface area contributed by atoms with Crippen molar-refractivity contribution < 1.29 is 22.3 Å². The molecule has 1 N–H and O–H groups in total. The fraction of sp³-hybridized carbons (Fsp3) is 1.00. The van der Waals surface area contributed by atoms with Gasteiger partial charge < -0.3 is 9.66 Å². The minimum atomic E-state index is -4.57. The molecule has 6 heteroatoms. The van der Waals surface area contributed by atoms with Crippen LogP contribution >= 0.6 is 0 Å². The molecule has 0 saturated heterocycles. The highest BCUT2D eigenvalue weighted by Crippen LogP contribution is 2.68. The first-order valence-corrected chi connectivity index (χ1v) is 13.7. The van der Waals surface area contributed by atoms with Crippen molar-refractivity contribution in [2.45, 2.75) is 97.5 Å². The second-order valence-electron chi connectivity index (χ2n) is 11.7. The molecule has 5 nitrogen and oxygen atoms in total. The van der Waals surface area contributed by atoms with Crippen molar-refractivity contribution in [3.63, 3.8) is 0 Å². The standard InChI is InChI=1S/C24H42O5S/c1-16(5-4-14-29-30(26,27)28)20-8-9-21-19-7-6-17-15-18(25)10-12-23(17,2)22(19)11-13-24(20,21)3/h16-22,25H,4-15H2,1-3H3,(H,26,27,28)/p-1/t16-,17+,18-,19?,20-,21?,22?,23+,24-/m1/s1. The quantitative estimate of drug-likeness (QED) is 0.360. The van der Waals surface area contributed by atoms with Crippen LogP contribution in [0, 0.1) is 46.3 Å². The van der Waals surface area contributed by atoms with E-state index in [1.165, 1.54) is 44.9 Å². The maximum absolute atomic E-state index is 10.7. The lowest BCUT2D eigenvalue weighted by Gasteiger charge is -2.61. The zero-order valence-electron chi connectivity index (χ0n) is 19.0. The van der Waals surface area contributed by atoms with Crippen LogP contribution in [0.1, 0.15) is 91.4 Å². The molecule has 0 aromatic heterocycles. The molecular formula is C24H41O5S-. The Labute approximate surface area is 183 Å². The molecule has 4 aliphatic rings. The predicted octanol–water partition coefficient (Wildman–Crippen LogP) is 4.90. The molecule has 0 amide bonds. The number of aliphatic hydroxyl groups is 1. The van der Waals surface area contributed by atoms with E-state index in [-0.39, 0.29) is 12.7 Å². The van der Waals surface area contributed by atoms with Crippen LogP contribution in [0.3, 0.4) is 0 Å². The second-order valence-corrected chi connectivity index (χ2v) is 12.7. The molecule has 0 radical (unpaired) electrons. The smallest absolute Gasteiger partial charge is 0.217 e. The van der Waals surface area contributed by atoms with E-state index in [4.69, 9.17) is 0 Å². The Bertz CT molecular complexity index is 723. The van der Waals surface area contributed by atoms with E-state index in [9.17, 15) is 18.1 Å². The summed E-state index contributed by atoms with van der Waals surface area (Å²) in [5, 5.41) is 10.2. The maximum Gasteiger partial charge on any atom is 0.217 e. The van der Waals surface area contributed by atoms with E-state index in [2.05, 4.69) is 25.0 Å². The summed E-state index contributed by atoms with van der Waals surface area (Å²) < 4.78 is 36.4. The minimum absolute atomic E-state index is 0.0132. The molecule has 4 saturated carbocycles. The van der Waals surface area contributed by atoms with Gasteiger partial charge in [-0.2, -0.15) is 0 Å². The van der Waals surface area contributed by atoms with Crippen molar-refractivity contribution in [2.24, 2.45) is 46.3 Å². The Morgan fingerprint density at radius 3 is 2.47 bits per heavy atom. The lowest BCUT2D eigenvalue weighted by atomic mass is 9.44. The van der Waals surface area contributed by atoms with Gasteiger partial charge in [0.15, 0.2) is 0 Å². The van der Waals surface area contributed by atoms with Crippen LogP contribution in [-0.4, -0.2) is 30.8 Å². The van der Waals surface area contributed by atoms with Crippen LogP contribution in [0.2, 0.25) is 0 Å². The zero-order valence-corrected chi connectivity index (χ0v) is 19.8. The number of fused-ring (bicyclic) bond motifs is 5. The topological polar surface area (TPSA) is 86.7 Å². The Kier molecular flexibility index (Phi) is 6.37. The van der Waals surface area contributed by atoms with E-state index in [0.29, 0.717) is 35.0 Å². The van der Waals surface area contributed by atoms with Crippen LogP contribution in [0.25, 0.3) is 0 Å². The summed E-state index contributed by atoms with van der Waals surface area (Å²) in [4.78, 5) is 0. The molecule has 0 aliphatic heterocycles. The average molecular weight is 442 g/mol. The van der Waals surface area contributed by atoms with Crippen molar-refractivity contribution >= 4 is 10.4 Å². The van der Waals surface area contributed by atoms with Gasteiger partial charge in [0.05, 0.1) is 12.7 Å². The van der Waals surface area contributed by atoms with Gasteiger partial charge in [0.2, 0.25) is 10.4 Å². The molecule has 4 fully saturated rings. The second kappa shape index (κ2) is 8.31. The Morgan fingerprint density at radius 1 is 1.03 bits per heavy atom. The molecule has 174 valence electrons. The summed E-state index contributed by atoms with van der Waals surface area (Å²) in [6.45, 7) is 7.41. The fourth-order valence-corrected chi connectivity index (χ4v) is 9.30. The molecule has 30 heavy (non-hydrogen) atoms. The summed E-state index contributed by atoms with van der Waals surface area (Å²) in [5.74, 6) is 4.40. The average Bonchev–Trinajstić information content (AvgIpc) is 3.02. The van der Waals surface area contributed by atoms with Crippen LogP contribution < -0.4 is 0 Å². The number of aliphatic hydroxyl groups excluding tert-OH is 1. The molecule has 0 aromatic carbocycles. The van der Waals surface area contributed by atoms with Crippen molar-refractivity contribution in [3.05, 3.63) is 0 Å². The van der Waals surface area contributed by atoms with Gasteiger partial charge in [-0.15, -0.1) is 0 Å². The molecular weight excluding hydrogens is 400 g/mol. The SMILES string of the molecule is C[C@H](CCCOS(=O)(=O)[O-])[C@H]1CCC2C3CC[C@H]4C[C@H](O)CC[C@]4(C)C3CC[C@@]21C. The molecule has 3 unspecified atom stereocenters. The first-order valence-electron chi connectivity index (χ1n) is 12.3. The third-order valence-electron chi connectivity index (χ3n) is 10.4. The van der Waals surface area contributed by atoms with Gasteiger partial charge in [0.25, 0.3) is 0 Å². The molecule has 0 bridgehead atoms. The summed E-state index contributed by atoms with van der Waals surface area (Å²) in [6, 6.07) is 0. The summed E-state index contributed by atoms with van der Waals surface area (Å²) >= 11 is 0. The Morgan fingerprint density at radius 2 is 1.73 bits per heavy atom. The molecule has 0 heterocycles. The minimum Gasteiger partial charge on any atom is -0.726 e. The lowest BCUT2D eigenvalue weighted by molar-refractivity contribution is -0.129. The highest BCUT2D eigenvalue weighted by Gasteiger charge is 2.60. The molecule has 4 rings (SSSR count). The van der Waals surface area contributed by atoms with Gasteiger partial charge in [-0.1, -0.05) is 20.8 Å². The normalized spacial score (nSPS) is 47.2. The van der Waals surface area contributed by atoms with E-state index >= 15 is 0 Å². The number of hydrogen-bond donors (Lipinski definition) is 1. The largest absolute Gasteiger partial charge is 0.726 e. The third-order valence-corrected chi connectivity index (χ3v) is 10.9. The van der Waals surface area contributed by atoms with Crippen molar-refractivity contribution in [2.75, 3.05) is 6.61 Å². The lowest BCUT2D eigenvalue weighted by Crippen LogP contribution is -2.54. The van der Waals surface area contributed by atoms with E-state index in [1.54, 1.807) is 0 Å². The summed E-state index contributed by atoms with van der Waals surface area (Å²) in [5.41, 5.74) is 0.817. The van der Waals surface area contributed by atoms with Gasteiger partial charge in [-0.25, -0.2) is 8.42 Å². The van der Waals surface area contributed by atoms with Gasteiger partial charge >= 0.3 is 0 Å². The number of rotatable bonds is 6. The van der Waals surface area contributed by atoms with E-state index in [0.717, 1.165) is 37.0 Å². The fourth-order valence-electron chi connectivity index (χ4n) is 8.98. The van der Waals surface area contributed by atoms with Gasteiger partial charge in [0.1, 0.15) is 0 Å². The van der Waals surface area contributed by atoms with Gasteiger partial charge in [-0.3, -0.25) is 4.18 Å². The zero-order chi connectivity index (χ0) is 21.7. The third kappa shape index (κ3) is 4.11. The maximum atomic E-state index is 10.7. The summed E-state index contributed by atoms with van der Waals surface area (Å²) in [6.07, 6.45) is 12.6. The highest BCUT2D eigenvalue weighted by atomic mass is 32.3. The van der Waals surface area contributed by atoms with Crippen LogP contribution in [0.15, 0.2) is 0 Å². The van der Waals surface area contributed by atoms with Crippen molar-refractivity contribution in [1.29, 1.82) is 0 Å². The van der Waals surface area contributed by atoms with Crippen molar-refractivity contribution in [1.82, 2.24) is 0 Å². The predicted molar refractivity (Wildman–Crippen MR) is 115 cm³/mol. The first-order chi connectivity index (χ1) is 14.0. The molecule has 0 spiro atoms. The first kappa shape index (κ1) is 23.0. The highest BCUT2D eigenvalue weighted by molar-refractivity contribution is 7.80. The van der Waals surface area contributed by atoms with Crippen molar-refractivity contribution in [3.8, 4) is 0 Å². The molecule has 4 aliphatic carbocycles. The monoisotopic (exact) mass is 441 g/mol. The number of hydrogen-bond acceptors (Lipinski definition) is 5. The Hall–Kier alpha value is -0.170. The van der Waals surface area contributed by atoms with E-state index < -0.39 is 10.4 Å². The molecule has 9 atom stereocenters. The van der Waals surface area contributed by atoms with Crippen LogP contribution in [0.4, 0.5) is 0 Å². The van der Waals surface area contributed by atoms with Gasteiger partial charge in [0, 0.05) is 0 Å². The molecule has 0 aromatic rings. The van der Waals surface area contributed by atoms with E-state index in [1.807, 2.05) is 0 Å². The summed E-state index contributed by atoms with van der Waals surface area (Å²) in [7, 11) is -4.57. The Balaban J connectivity index is 1.41. The van der Waals surface area contributed by atoms with Gasteiger partial charge in [-0.05, 0) is 117 Å². The van der Waals surface area contributed by atoms with Crippen LogP contribution in [-0.2, 0) is 14.6 Å². The van der Waals surface area contributed by atoms with Crippen LogP contribution in [0.5, 0.6) is 0 Å².